The number of nitrogens with zero attached hydrogens (tertiary/aromatic N) is 1. The van der Waals surface area contributed by atoms with E-state index in [-0.39, 0.29) is 18.6 Å². The van der Waals surface area contributed by atoms with Crippen LogP contribution in [0.4, 0.5) is 11.4 Å². The van der Waals surface area contributed by atoms with Crippen LogP contribution >= 0.6 is 0 Å². The van der Waals surface area contributed by atoms with Gasteiger partial charge in [-0.2, -0.15) is 0 Å². The molecule has 2 N–H and O–H groups in total. The normalized spacial score (nSPS) is 17.4. The Morgan fingerprint density at radius 2 is 2.09 bits per heavy atom. The van der Waals surface area contributed by atoms with E-state index in [1.54, 1.807) is 12.0 Å². The molecule has 1 atom stereocenters. The van der Waals surface area contributed by atoms with E-state index in [2.05, 4.69) is 5.32 Å². The standard InChI is InChI=1S/C18H20N2O3/c1-23-17-8-3-2-7-16(17)20-10-9-15(18(20)22)19-14-6-4-5-13(11-14)12-21/h2-8,11,15,19,21H,9-10,12H2,1H3. The van der Waals surface area contributed by atoms with E-state index < -0.39 is 0 Å². The Bertz CT molecular complexity index is 702. The first-order valence-corrected chi connectivity index (χ1v) is 7.63. The molecule has 1 aliphatic heterocycles. The highest BCUT2D eigenvalue weighted by Gasteiger charge is 2.33. The number of anilines is 2. The third-order valence-corrected chi connectivity index (χ3v) is 4.03. The minimum absolute atomic E-state index is 0.0124. The van der Waals surface area contributed by atoms with Crippen molar-refractivity contribution in [1.29, 1.82) is 0 Å². The Labute approximate surface area is 135 Å². The van der Waals surface area contributed by atoms with Crippen LogP contribution in [0.3, 0.4) is 0 Å². The van der Waals surface area contributed by atoms with Crippen molar-refractivity contribution in [2.75, 3.05) is 23.9 Å². The minimum Gasteiger partial charge on any atom is -0.495 e. The highest BCUT2D eigenvalue weighted by molar-refractivity contribution is 6.02. The smallest absolute Gasteiger partial charge is 0.249 e. The summed E-state index contributed by atoms with van der Waals surface area (Å²) in [5, 5.41) is 12.5. The number of benzene rings is 2. The van der Waals surface area contributed by atoms with Crippen molar-refractivity contribution >= 4 is 17.3 Å². The minimum atomic E-state index is -0.270. The summed E-state index contributed by atoms with van der Waals surface area (Å²) in [6.07, 6.45) is 0.722. The second-order valence-corrected chi connectivity index (χ2v) is 5.51. The van der Waals surface area contributed by atoms with E-state index in [1.807, 2.05) is 48.5 Å². The summed E-state index contributed by atoms with van der Waals surface area (Å²) >= 11 is 0. The Morgan fingerprint density at radius 3 is 2.87 bits per heavy atom. The number of ether oxygens (including phenoxy) is 1. The van der Waals surface area contributed by atoms with Crippen LogP contribution in [0.5, 0.6) is 5.75 Å². The van der Waals surface area contributed by atoms with Crippen LogP contribution in [0, 0.1) is 0 Å². The summed E-state index contributed by atoms with van der Waals surface area (Å²) in [6, 6.07) is 14.7. The number of amides is 1. The van der Waals surface area contributed by atoms with E-state index in [1.165, 1.54) is 0 Å². The SMILES string of the molecule is COc1ccccc1N1CCC(Nc2cccc(CO)c2)C1=O. The third-order valence-electron chi connectivity index (χ3n) is 4.03. The fourth-order valence-corrected chi connectivity index (χ4v) is 2.87. The molecule has 5 heteroatoms. The highest BCUT2D eigenvalue weighted by atomic mass is 16.5. The number of aliphatic hydroxyl groups is 1. The predicted molar refractivity (Wildman–Crippen MR) is 89.7 cm³/mol. The van der Waals surface area contributed by atoms with Gasteiger partial charge in [-0.3, -0.25) is 4.79 Å². The molecule has 2 aromatic carbocycles. The Morgan fingerprint density at radius 1 is 1.26 bits per heavy atom. The zero-order chi connectivity index (χ0) is 16.2. The maximum atomic E-state index is 12.7. The summed E-state index contributed by atoms with van der Waals surface area (Å²) in [4.78, 5) is 14.4. The molecule has 1 saturated heterocycles. The molecule has 0 aliphatic carbocycles. The lowest BCUT2D eigenvalue weighted by molar-refractivity contribution is -0.117. The molecule has 0 aromatic heterocycles. The van der Waals surface area contributed by atoms with Crippen LogP contribution in [0.1, 0.15) is 12.0 Å². The van der Waals surface area contributed by atoms with Crippen molar-refractivity contribution < 1.29 is 14.6 Å². The molecule has 2 aromatic rings. The van der Waals surface area contributed by atoms with E-state index in [0.717, 1.165) is 23.4 Å². The molecule has 120 valence electrons. The van der Waals surface area contributed by atoms with Gasteiger partial charge >= 0.3 is 0 Å². The van der Waals surface area contributed by atoms with Crippen LogP contribution in [-0.2, 0) is 11.4 Å². The van der Waals surface area contributed by atoms with E-state index in [0.29, 0.717) is 12.3 Å². The maximum absolute atomic E-state index is 12.7. The van der Waals surface area contributed by atoms with Gasteiger partial charge in [0.1, 0.15) is 11.8 Å². The average Bonchev–Trinajstić information content (AvgIpc) is 2.95. The molecule has 23 heavy (non-hydrogen) atoms. The zero-order valence-electron chi connectivity index (χ0n) is 13.0. The van der Waals surface area contributed by atoms with Gasteiger partial charge in [0.15, 0.2) is 0 Å². The molecule has 0 bridgehead atoms. The number of methoxy groups -OCH3 is 1. The third kappa shape index (κ3) is 3.14. The topological polar surface area (TPSA) is 61.8 Å². The van der Waals surface area contributed by atoms with Crippen molar-refractivity contribution in [2.24, 2.45) is 0 Å². The summed E-state index contributed by atoms with van der Waals surface area (Å²) < 4.78 is 5.35. The molecule has 0 spiro atoms. The van der Waals surface area contributed by atoms with Gasteiger partial charge < -0.3 is 20.1 Å². The second-order valence-electron chi connectivity index (χ2n) is 5.51. The lowest BCUT2D eigenvalue weighted by Gasteiger charge is -2.20. The second kappa shape index (κ2) is 6.71. The molecule has 1 unspecified atom stereocenters. The predicted octanol–water partition coefficient (Wildman–Crippen LogP) is 2.40. The van der Waals surface area contributed by atoms with Gasteiger partial charge in [-0.15, -0.1) is 0 Å². The Balaban J connectivity index is 1.76. The molecule has 0 saturated carbocycles. The van der Waals surface area contributed by atoms with Gasteiger partial charge in [0.05, 0.1) is 19.4 Å². The summed E-state index contributed by atoms with van der Waals surface area (Å²) in [7, 11) is 1.61. The van der Waals surface area contributed by atoms with Crippen LogP contribution in [0.2, 0.25) is 0 Å². The van der Waals surface area contributed by atoms with Crippen LogP contribution in [-0.4, -0.2) is 30.7 Å². The number of carbonyl (C=O) groups is 1. The first-order valence-electron chi connectivity index (χ1n) is 7.63. The number of nitrogens with one attached hydrogen (secondary N) is 1. The summed E-state index contributed by atoms with van der Waals surface area (Å²) in [5.74, 6) is 0.729. The van der Waals surface area contributed by atoms with Gasteiger partial charge in [-0.1, -0.05) is 24.3 Å². The molecule has 1 heterocycles. The van der Waals surface area contributed by atoms with Crippen LogP contribution in [0.15, 0.2) is 48.5 Å². The molecule has 5 nitrogen and oxygen atoms in total. The fourth-order valence-electron chi connectivity index (χ4n) is 2.87. The van der Waals surface area contributed by atoms with Crippen molar-refractivity contribution in [1.82, 2.24) is 0 Å². The summed E-state index contributed by atoms with van der Waals surface area (Å²) in [6.45, 7) is 0.637. The van der Waals surface area contributed by atoms with E-state index >= 15 is 0 Å². The van der Waals surface area contributed by atoms with Gasteiger partial charge in [-0.05, 0) is 36.2 Å². The Kier molecular flexibility index (Phi) is 4.48. The van der Waals surface area contributed by atoms with E-state index in [9.17, 15) is 9.90 Å². The number of hydrogen-bond acceptors (Lipinski definition) is 4. The maximum Gasteiger partial charge on any atom is 0.249 e. The van der Waals surface area contributed by atoms with Crippen LogP contribution < -0.4 is 15.0 Å². The molecule has 1 fully saturated rings. The lowest BCUT2D eigenvalue weighted by Crippen LogP contribution is -2.33. The van der Waals surface area contributed by atoms with Crippen molar-refractivity contribution in [2.45, 2.75) is 19.1 Å². The highest BCUT2D eigenvalue weighted by Crippen LogP contribution is 2.31. The lowest BCUT2D eigenvalue weighted by atomic mass is 10.2. The van der Waals surface area contributed by atoms with Gasteiger partial charge in [0.25, 0.3) is 0 Å². The molecule has 1 aliphatic rings. The number of aliphatic hydroxyl groups excluding tert-OH is 1. The van der Waals surface area contributed by atoms with Crippen LogP contribution in [0.25, 0.3) is 0 Å². The number of rotatable bonds is 5. The van der Waals surface area contributed by atoms with E-state index in [4.69, 9.17) is 4.74 Å². The summed E-state index contributed by atoms with van der Waals surface area (Å²) in [5.41, 5.74) is 2.47. The number of hydrogen-bond donors (Lipinski definition) is 2. The fraction of sp³-hybridized carbons (Fsp3) is 0.278. The van der Waals surface area contributed by atoms with Gasteiger partial charge in [-0.25, -0.2) is 0 Å². The Hall–Kier alpha value is -2.53. The van der Waals surface area contributed by atoms with Crippen molar-refractivity contribution in [3.05, 3.63) is 54.1 Å². The number of carbonyl (C=O) groups excluding carboxylic acids is 1. The monoisotopic (exact) mass is 312 g/mol. The molecule has 0 radical (unpaired) electrons. The first-order chi connectivity index (χ1) is 11.2. The molecular formula is C18H20N2O3. The van der Waals surface area contributed by atoms with Gasteiger partial charge in [0, 0.05) is 12.2 Å². The zero-order valence-corrected chi connectivity index (χ0v) is 13.0. The number of para-hydroxylation sites is 2. The van der Waals surface area contributed by atoms with Crippen molar-refractivity contribution in [3.63, 3.8) is 0 Å². The quantitative estimate of drug-likeness (QED) is 0.890. The largest absolute Gasteiger partial charge is 0.495 e. The molecule has 3 rings (SSSR count). The first kappa shape index (κ1) is 15.4. The molecular weight excluding hydrogens is 292 g/mol. The van der Waals surface area contributed by atoms with Gasteiger partial charge in [0.2, 0.25) is 5.91 Å². The molecule has 1 amide bonds. The average molecular weight is 312 g/mol. The van der Waals surface area contributed by atoms with Crippen molar-refractivity contribution in [3.8, 4) is 5.75 Å².